The van der Waals surface area contributed by atoms with Gasteiger partial charge in [-0.1, -0.05) is 42.1 Å². The molecule has 3 aromatic carbocycles. The van der Waals surface area contributed by atoms with Crippen molar-refractivity contribution >= 4 is 45.5 Å². The van der Waals surface area contributed by atoms with Crippen LogP contribution in [0.4, 0.5) is 5.69 Å². The van der Waals surface area contributed by atoms with Crippen LogP contribution in [-0.2, 0) is 5.75 Å². The predicted octanol–water partition coefficient (Wildman–Crippen LogP) is 4.54. The van der Waals surface area contributed by atoms with E-state index in [9.17, 15) is 9.59 Å². The van der Waals surface area contributed by atoms with Gasteiger partial charge in [0.25, 0.3) is 11.1 Å². The molecule has 30 heavy (non-hydrogen) atoms. The summed E-state index contributed by atoms with van der Waals surface area (Å²) in [6.07, 6.45) is 0. The summed E-state index contributed by atoms with van der Waals surface area (Å²) < 4.78 is 5.75. The van der Waals surface area contributed by atoms with Crippen molar-refractivity contribution in [1.29, 1.82) is 0 Å². The maximum Gasteiger partial charge on any atom is 0.323 e. The highest BCUT2D eigenvalue weighted by molar-refractivity contribution is 7.98. The molecule has 1 amide bonds. The van der Waals surface area contributed by atoms with Crippen molar-refractivity contribution in [3.05, 3.63) is 88.3 Å². The molecule has 0 saturated carbocycles. The number of fused-ring (bicyclic) bond motifs is 2. The quantitative estimate of drug-likeness (QED) is 0.365. The highest BCUT2D eigenvalue weighted by Crippen LogP contribution is 2.27. The van der Waals surface area contributed by atoms with Crippen molar-refractivity contribution in [3.63, 3.8) is 0 Å². The van der Waals surface area contributed by atoms with Crippen molar-refractivity contribution < 1.29 is 9.21 Å². The molecule has 3 N–H and O–H groups in total. The number of imidazole rings is 1. The van der Waals surface area contributed by atoms with Crippen molar-refractivity contribution in [2.45, 2.75) is 11.0 Å². The fourth-order valence-electron chi connectivity index (χ4n) is 3.23. The van der Waals surface area contributed by atoms with Crippen molar-refractivity contribution in [2.24, 2.45) is 0 Å². The maximum atomic E-state index is 12.9. The zero-order valence-corrected chi connectivity index (χ0v) is 16.5. The Balaban J connectivity index is 1.35. The number of anilines is 1. The van der Waals surface area contributed by atoms with Gasteiger partial charge in [0.2, 0.25) is 0 Å². The van der Waals surface area contributed by atoms with E-state index in [2.05, 4.69) is 20.3 Å². The molecule has 2 heterocycles. The number of oxazole rings is 1. The SMILES string of the molecule is O=C(Nc1ccc2[nH]c(=O)[nH]c2c1)c1ccccc1CSc1nc2ccccc2o1. The molecule has 0 bridgehead atoms. The lowest BCUT2D eigenvalue weighted by atomic mass is 10.1. The Morgan fingerprint density at radius 3 is 2.70 bits per heavy atom. The summed E-state index contributed by atoms with van der Waals surface area (Å²) in [7, 11) is 0. The molecule has 8 heteroatoms. The first kappa shape index (κ1) is 18.3. The molecule has 0 radical (unpaired) electrons. The maximum absolute atomic E-state index is 12.9. The van der Waals surface area contributed by atoms with Crippen LogP contribution < -0.4 is 11.0 Å². The van der Waals surface area contributed by atoms with E-state index in [1.54, 1.807) is 24.3 Å². The van der Waals surface area contributed by atoms with E-state index in [1.165, 1.54) is 11.8 Å². The molecule has 148 valence electrons. The van der Waals surface area contributed by atoms with E-state index in [-0.39, 0.29) is 11.6 Å². The third-order valence-corrected chi connectivity index (χ3v) is 5.54. The van der Waals surface area contributed by atoms with Gasteiger partial charge in [0.1, 0.15) is 5.52 Å². The van der Waals surface area contributed by atoms with E-state index in [1.807, 2.05) is 42.5 Å². The van der Waals surface area contributed by atoms with Crippen LogP contribution in [0.25, 0.3) is 22.1 Å². The van der Waals surface area contributed by atoms with E-state index >= 15 is 0 Å². The number of thioether (sulfide) groups is 1. The molecular weight excluding hydrogens is 400 g/mol. The molecule has 7 nitrogen and oxygen atoms in total. The summed E-state index contributed by atoms with van der Waals surface area (Å²) in [5.74, 6) is 0.321. The number of carbonyl (C=O) groups is 1. The summed E-state index contributed by atoms with van der Waals surface area (Å²) in [6, 6.07) is 20.2. The Kier molecular flexibility index (Phi) is 4.61. The molecule has 5 aromatic rings. The summed E-state index contributed by atoms with van der Waals surface area (Å²) in [4.78, 5) is 34.1. The second-order valence-corrected chi connectivity index (χ2v) is 7.61. The van der Waals surface area contributed by atoms with Crippen molar-refractivity contribution in [2.75, 3.05) is 5.32 Å². The molecule has 5 rings (SSSR count). The number of hydrogen-bond acceptors (Lipinski definition) is 5. The summed E-state index contributed by atoms with van der Waals surface area (Å²) in [5.41, 5.74) is 4.64. The van der Waals surface area contributed by atoms with E-state index in [4.69, 9.17) is 4.42 Å². The number of carbonyl (C=O) groups excluding carboxylic acids is 1. The molecular formula is C22H16N4O3S. The first-order valence-electron chi connectivity index (χ1n) is 9.25. The summed E-state index contributed by atoms with van der Waals surface area (Å²) in [5, 5.41) is 3.46. The smallest absolute Gasteiger partial charge is 0.323 e. The number of aromatic nitrogens is 3. The normalized spacial score (nSPS) is 11.2. The molecule has 0 unspecified atom stereocenters. The van der Waals surface area contributed by atoms with E-state index in [0.717, 1.165) is 16.7 Å². The number of aromatic amines is 2. The second-order valence-electron chi connectivity index (χ2n) is 6.69. The van der Waals surface area contributed by atoms with E-state index < -0.39 is 0 Å². The highest BCUT2D eigenvalue weighted by Gasteiger charge is 2.14. The van der Waals surface area contributed by atoms with Gasteiger partial charge in [-0.05, 0) is 42.0 Å². The van der Waals surface area contributed by atoms with Crippen LogP contribution in [0, 0.1) is 0 Å². The largest absolute Gasteiger partial charge is 0.431 e. The third-order valence-electron chi connectivity index (χ3n) is 4.66. The van der Waals surface area contributed by atoms with Crippen LogP contribution in [0.1, 0.15) is 15.9 Å². The van der Waals surface area contributed by atoms with Crippen LogP contribution in [-0.4, -0.2) is 20.9 Å². The zero-order chi connectivity index (χ0) is 20.5. The number of hydrogen-bond donors (Lipinski definition) is 3. The number of rotatable bonds is 5. The van der Waals surface area contributed by atoms with Crippen LogP contribution >= 0.6 is 11.8 Å². The van der Waals surface area contributed by atoms with Crippen LogP contribution in [0.3, 0.4) is 0 Å². The number of H-pyrrole nitrogens is 2. The lowest BCUT2D eigenvalue weighted by molar-refractivity contribution is 0.102. The number of para-hydroxylation sites is 2. The van der Waals surface area contributed by atoms with Crippen molar-refractivity contribution in [3.8, 4) is 0 Å². The van der Waals surface area contributed by atoms with Crippen LogP contribution in [0.2, 0.25) is 0 Å². The monoisotopic (exact) mass is 416 g/mol. The van der Waals surface area contributed by atoms with Gasteiger partial charge in [-0.25, -0.2) is 9.78 Å². The summed E-state index contributed by atoms with van der Waals surface area (Å²) >= 11 is 1.44. The fourth-order valence-corrected chi connectivity index (χ4v) is 4.07. The molecule has 0 spiro atoms. The van der Waals surface area contributed by atoms with Gasteiger partial charge in [0, 0.05) is 17.0 Å². The fraction of sp³-hybridized carbons (Fsp3) is 0.0455. The highest BCUT2D eigenvalue weighted by atomic mass is 32.2. The average Bonchev–Trinajstić information content (AvgIpc) is 3.34. The molecule has 0 aliphatic carbocycles. The van der Waals surface area contributed by atoms with E-state index in [0.29, 0.717) is 33.3 Å². The number of nitrogens with zero attached hydrogens (tertiary/aromatic N) is 1. The first-order valence-corrected chi connectivity index (χ1v) is 10.2. The minimum atomic E-state index is -0.282. The lowest BCUT2D eigenvalue weighted by Gasteiger charge is -2.09. The summed E-state index contributed by atoms with van der Waals surface area (Å²) in [6.45, 7) is 0. The zero-order valence-electron chi connectivity index (χ0n) is 15.6. The minimum Gasteiger partial charge on any atom is -0.431 e. The van der Waals surface area contributed by atoms with Crippen LogP contribution in [0.5, 0.6) is 0 Å². The minimum absolute atomic E-state index is 0.221. The topological polar surface area (TPSA) is 104 Å². The lowest BCUT2D eigenvalue weighted by Crippen LogP contribution is -2.14. The standard InChI is InChI=1S/C22H16N4O3S/c27-20(23-14-9-10-16-18(11-14)25-21(28)24-16)15-6-2-1-5-13(15)12-30-22-26-17-7-3-4-8-19(17)29-22/h1-11H,12H2,(H,23,27)(H2,24,25,28). The molecule has 0 fully saturated rings. The molecule has 0 aliphatic rings. The Labute approximate surface area is 174 Å². The Hall–Kier alpha value is -3.78. The predicted molar refractivity (Wildman–Crippen MR) is 117 cm³/mol. The molecule has 0 aliphatic heterocycles. The van der Waals surface area contributed by atoms with Gasteiger partial charge in [0.15, 0.2) is 5.58 Å². The molecule has 2 aromatic heterocycles. The first-order chi connectivity index (χ1) is 14.7. The van der Waals surface area contributed by atoms with Crippen molar-refractivity contribution in [1.82, 2.24) is 15.0 Å². The Morgan fingerprint density at radius 1 is 1.00 bits per heavy atom. The second kappa shape index (κ2) is 7.57. The Bertz CT molecular complexity index is 1400. The number of amides is 1. The molecule has 0 atom stereocenters. The van der Waals surface area contributed by atoms with Gasteiger partial charge < -0.3 is 19.7 Å². The van der Waals surface area contributed by atoms with Gasteiger partial charge in [-0.3, -0.25) is 4.79 Å². The number of nitrogens with one attached hydrogen (secondary N) is 3. The average molecular weight is 416 g/mol. The van der Waals surface area contributed by atoms with Gasteiger partial charge in [0.05, 0.1) is 11.0 Å². The van der Waals surface area contributed by atoms with Gasteiger partial charge in [-0.2, -0.15) is 0 Å². The Morgan fingerprint density at radius 2 is 1.80 bits per heavy atom. The number of benzene rings is 3. The molecule has 0 saturated heterocycles. The van der Waals surface area contributed by atoms with Gasteiger partial charge in [-0.15, -0.1) is 0 Å². The van der Waals surface area contributed by atoms with Gasteiger partial charge >= 0.3 is 5.69 Å². The van der Waals surface area contributed by atoms with Crippen LogP contribution in [0.15, 0.2) is 81.2 Å². The third kappa shape index (κ3) is 3.60.